The average Bonchev–Trinajstić information content (AvgIpc) is 2.30. The van der Waals surface area contributed by atoms with Gasteiger partial charge in [0.2, 0.25) is 0 Å². The van der Waals surface area contributed by atoms with E-state index in [1.165, 1.54) is 0 Å². The summed E-state index contributed by atoms with van der Waals surface area (Å²) in [7, 11) is 0. The molecule has 1 aliphatic rings. The Bertz CT molecular complexity index is 458. The van der Waals surface area contributed by atoms with Crippen LogP contribution < -0.4 is 0 Å². The average molecular weight is 396 g/mol. The van der Waals surface area contributed by atoms with Crippen LogP contribution in [-0.2, 0) is 0 Å². The summed E-state index contributed by atoms with van der Waals surface area (Å²) < 4.78 is 0.974. The van der Waals surface area contributed by atoms with Gasteiger partial charge in [-0.05, 0) is 40.8 Å². The highest BCUT2D eigenvalue weighted by Crippen LogP contribution is 2.27. The summed E-state index contributed by atoms with van der Waals surface area (Å²) in [6, 6.07) is 5.51. The van der Waals surface area contributed by atoms with E-state index in [4.69, 9.17) is 11.6 Å². The molecule has 2 atom stereocenters. The number of amides is 1. The molecule has 0 saturated carbocycles. The third-order valence-electron chi connectivity index (χ3n) is 2.87. The van der Waals surface area contributed by atoms with Gasteiger partial charge in [-0.3, -0.25) is 4.79 Å². The number of thioether (sulfide) groups is 1. The lowest BCUT2D eigenvalue weighted by molar-refractivity contribution is 0.0753. The van der Waals surface area contributed by atoms with E-state index in [9.17, 15) is 4.79 Å². The zero-order valence-electron chi connectivity index (χ0n) is 10.3. The van der Waals surface area contributed by atoms with E-state index >= 15 is 0 Å². The second kappa shape index (κ2) is 6.01. The van der Waals surface area contributed by atoms with Gasteiger partial charge in [0.1, 0.15) is 0 Å². The molecule has 0 radical (unpaired) electrons. The molecule has 18 heavy (non-hydrogen) atoms. The fraction of sp³-hybridized carbons (Fsp3) is 0.462. The number of carbonyl (C=O) groups excluding carboxylic acids is 1. The van der Waals surface area contributed by atoms with E-state index in [-0.39, 0.29) is 5.91 Å². The summed E-state index contributed by atoms with van der Waals surface area (Å²) in [6.45, 7) is 5.97. The van der Waals surface area contributed by atoms with E-state index in [1.54, 1.807) is 6.07 Å². The first-order valence-electron chi connectivity index (χ1n) is 5.87. The molecule has 1 heterocycles. The Hall–Kier alpha value is 0.0600. The summed E-state index contributed by atoms with van der Waals surface area (Å²) in [4.78, 5) is 14.3. The molecule has 98 valence electrons. The Labute approximate surface area is 131 Å². The van der Waals surface area contributed by atoms with E-state index in [1.807, 2.05) is 28.8 Å². The largest absolute Gasteiger partial charge is 0.336 e. The lowest BCUT2D eigenvalue weighted by Crippen LogP contribution is -2.44. The number of halogens is 2. The second-order valence-corrected chi connectivity index (χ2v) is 8.05. The summed E-state index contributed by atoms with van der Waals surface area (Å²) in [5.41, 5.74) is 0.687. The number of benzene rings is 1. The van der Waals surface area contributed by atoms with E-state index in [0.29, 0.717) is 21.1 Å². The minimum Gasteiger partial charge on any atom is -0.336 e. The van der Waals surface area contributed by atoms with Crippen molar-refractivity contribution in [1.29, 1.82) is 0 Å². The Balaban J connectivity index is 2.17. The van der Waals surface area contributed by atoms with Crippen molar-refractivity contribution < 1.29 is 4.79 Å². The van der Waals surface area contributed by atoms with Crippen LogP contribution in [0.2, 0.25) is 5.02 Å². The molecule has 1 aromatic rings. The van der Waals surface area contributed by atoms with Crippen LogP contribution in [0.3, 0.4) is 0 Å². The van der Waals surface area contributed by atoms with Crippen LogP contribution in [0.25, 0.3) is 0 Å². The second-order valence-electron chi connectivity index (χ2n) is 4.60. The number of hydrogen-bond donors (Lipinski definition) is 0. The SMILES string of the molecule is CC1CN(C(=O)c2ccc(I)c(Cl)c2)CC(C)S1. The molecule has 1 amide bonds. The van der Waals surface area contributed by atoms with E-state index in [2.05, 4.69) is 36.4 Å². The third-order valence-corrected chi connectivity index (χ3v) is 5.67. The first kappa shape index (κ1) is 14.5. The maximum atomic E-state index is 12.4. The molecule has 0 spiro atoms. The number of nitrogens with zero attached hydrogens (tertiary/aromatic N) is 1. The number of rotatable bonds is 1. The van der Waals surface area contributed by atoms with Crippen LogP contribution in [0.5, 0.6) is 0 Å². The smallest absolute Gasteiger partial charge is 0.253 e. The summed E-state index contributed by atoms with van der Waals surface area (Å²) in [6.07, 6.45) is 0. The van der Waals surface area contributed by atoms with Crippen molar-refractivity contribution in [3.63, 3.8) is 0 Å². The van der Waals surface area contributed by atoms with Crippen molar-refractivity contribution in [1.82, 2.24) is 4.90 Å². The van der Waals surface area contributed by atoms with Crippen molar-refractivity contribution in [3.8, 4) is 0 Å². The molecule has 2 rings (SSSR count). The molecule has 5 heteroatoms. The molecule has 0 bridgehead atoms. The molecule has 2 nitrogen and oxygen atoms in total. The van der Waals surface area contributed by atoms with Crippen molar-refractivity contribution in [3.05, 3.63) is 32.4 Å². The molecular formula is C13H15ClINOS. The molecule has 0 N–H and O–H groups in total. The molecule has 1 fully saturated rings. The standard InChI is InChI=1S/C13H15ClINOS/c1-8-6-16(7-9(2)18-8)13(17)10-3-4-12(15)11(14)5-10/h3-5,8-9H,6-7H2,1-2H3. The van der Waals surface area contributed by atoms with Gasteiger partial charge in [0.25, 0.3) is 5.91 Å². The van der Waals surface area contributed by atoms with Gasteiger partial charge in [-0.15, -0.1) is 0 Å². The Kier molecular flexibility index (Phi) is 4.83. The van der Waals surface area contributed by atoms with Crippen LogP contribution in [0, 0.1) is 3.57 Å². The lowest BCUT2D eigenvalue weighted by Gasteiger charge is -2.34. The summed E-state index contributed by atoms with van der Waals surface area (Å²) in [5, 5.41) is 1.64. The van der Waals surface area contributed by atoms with Gasteiger partial charge in [0.05, 0.1) is 5.02 Å². The van der Waals surface area contributed by atoms with E-state index in [0.717, 1.165) is 16.7 Å². The minimum absolute atomic E-state index is 0.0901. The normalized spacial score (nSPS) is 24.1. The summed E-state index contributed by atoms with van der Waals surface area (Å²) >= 11 is 10.2. The van der Waals surface area contributed by atoms with Crippen molar-refractivity contribution in [2.75, 3.05) is 13.1 Å². The van der Waals surface area contributed by atoms with Crippen molar-refractivity contribution >= 4 is 51.9 Å². The van der Waals surface area contributed by atoms with Crippen LogP contribution in [-0.4, -0.2) is 34.4 Å². The minimum atomic E-state index is 0.0901. The molecule has 0 aliphatic carbocycles. The highest BCUT2D eigenvalue weighted by Gasteiger charge is 2.26. The maximum absolute atomic E-state index is 12.4. The zero-order valence-corrected chi connectivity index (χ0v) is 14.1. The maximum Gasteiger partial charge on any atom is 0.253 e. The van der Waals surface area contributed by atoms with E-state index < -0.39 is 0 Å². The zero-order chi connectivity index (χ0) is 13.3. The number of carbonyl (C=O) groups is 1. The van der Waals surface area contributed by atoms with Gasteiger partial charge in [0.15, 0.2) is 0 Å². The fourth-order valence-corrected chi connectivity index (χ4v) is 4.00. The molecular weight excluding hydrogens is 381 g/mol. The first-order valence-corrected chi connectivity index (χ1v) is 8.27. The fourth-order valence-electron chi connectivity index (χ4n) is 2.16. The highest BCUT2D eigenvalue weighted by atomic mass is 127. The predicted octanol–water partition coefficient (Wildman–Crippen LogP) is 3.91. The number of hydrogen-bond acceptors (Lipinski definition) is 2. The summed E-state index contributed by atoms with van der Waals surface area (Å²) in [5.74, 6) is 0.0901. The molecule has 1 aromatic carbocycles. The van der Waals surface area contributed by atoms with Gasteiger partial charge >= 0.3 is 0 Å². The van der Waals surface area contributed by atoms with Gasteiger partial charge in [0, 0.05) is 32.7 Å². The van der Waals surface area contributed by atoms with Crippen LogP contribution in [0.15, 0.2) is 18.2 Å². The van der Waals surface area contributed by atoms with Crippen LogP contribution >= 0.6 is 46.0 Å². The Morgan fingerprint density at radius 2 is 2.00 bits per heavy atom. The van der Waals surface area contributed by atoms with Crippen molar-refractivity contribution in [2.45, 2.75) is 24.3 Å². The Morgan fingerprint density at radius 1 is 1.39 bits per heavy atom. The predicted molar refractivity (Wildman–Crippen MR) is 86.6 cm³/mol. The highest BCUT2D eigenvalue weighted by molar-refractivity contribution is 14.1. The lowest BCUT2D eigenvalue weighted by atomic mass is 10.2. The van der Waals surface area contributed by atoms with Crippen molar-refractivity contribution in [2.24, 2.45) is 0 Å². The molecule has 2 unspecified atom stereocenters. The van der Waals surface area contributed by atoms with Crippen LogP contribution in [0.4, 0.5) is 0 Å². The van der Waals surface area contributed by atoms with Gasteiger partial charge < -0.3 is 4.90 Å². The quantitative estimate of drug-likeness (QED) is 0.672. The third kappa shape index (κ3) is 3.33. The molecule has 0 aromatic heterocycles. The van der Waals surface area contributed by atoms with Gasteiger partial charge in [-0.25, -0.2) is 0 Å². The Morgan fingerprint density at radius 3 is 2.56 bits per heavy atom. The monoisotopic (exact) mass is 395 g/mol. The topological polar surface area (TPSA) is 20.3 Å². The van der Waals surface area contributed by atoms with Crippen LogP contribution in [0.1, 0.15) is 24.2 Å². The van der Waals surface area contributed by atoms with Gasteiger partial charge in [-0.2, -0.15) is 11.8 Å². The van der Waals surface area contributed by atoms with Gasteiger partial charge in [-0.1, -0.05) is 25.4 Å². The first-order chi connectivity index (χ1) is 8.47. The molecule has 1 saturated heterocycles. The molecule has 1 aliphatic heterocycles.